The number of nitrogens with zero attached hydrogens (tertiary/aromatic N) is 1. The fourth-order valence-electron chi connectivity index (χ4n) is 2.52. The van der Waals surface area contributed by atoms with Crippen LogP contribution < -0.4 is 10.6 Å². The van der Waals surface area contributed by atoms with Crippen LogP contribution in [0, 0.1) is 11.7 Å². The highest BCUT2D eigenvalue weighted by Gasteiger charge is 2.14. The molecule has 0 saturated carbocycles. The summed E-state index contributed by atoms with van der Waals surface area (Å²) in [7, 11) is 0. The van der Waals surface area contributed by atoms with Gasteiger partial charge in [-0.25, -0.2) is 4.98 Å². The fourth-order valence-corrected chi connectivity index (χ4v) is 2.74. The van der Waals surface area contributed by atoms with Gasteiger partial charge in [-0.05, 0) is 43.7 Å². The highest BCUT2D eigenvalue weighted by molar-refractivity contribution is 7.71. The third kappa shape index (κ3) is 2.73. The van der Waals surface area contributed by atoms with Crippen molar-refractivity contribution in [3.63, 3.8) is 0 Å². The molecule has 1 aliphatic heterocycles. The van der Waals surface area contributed by atoms with Gasteiger partial charge < -0.3 is 15.6 Å². The molecule has 0 saturated heterocycles. The van der Waals surface area contributed by atoms with Crippen LogP contribution >= 0.6 is 12.2 Å². The Morgan fingerprint density at radius 3 is 2.85 bits per heavy atom. The van der Waals surface area contributed by atoms with Crippen LogP contribution in [0.1, 0.15) is 16.8 Å². The first-order chi connectivity index (χ1) is 9.74. The SMILES string of the molecule is Cc1ccccc1Nc1nc(=S)[nH]c2c1CCNCC2. The van der Waals surface area contributed by atoms with E-state index in [4.69, 9.17) is 12.2 Å². The van der Waals surface area contributed by atoms with Gasteiger partial charge in [-0.2, -0.15) is 0 Å². The Labute approximate surface area is 123 Å². The molecule has 1 aliphatic rings. The lowest BCUT2D eigenvalue weighted by atomic mass is 10.1. The molecule has 3 N–H and O–H groups in total. The summed E-state index contributed by atoms with van der Waals surface area (Å²) in [5, 5.41) is 6.85. The monoisotopic (exact) mass is 286 g/mol. The number of anilines is 2. The quantitative estimate of drug-likeness (QED) is 0.743. The van der Waals surface area contributed by atoms with Crippen LogP contribution in [-0.4, -0.2) is 23.1 Å². The van der Waals surface area contributed by atoms with Crippen LogP contribution in [0.2, 0.25) is 0 Å². The van der Waals surface area contributed by atoms with Crippen LogP contribution in [0.25, 0.3) is 0 Å². The number of hydrogen-bond donors (Lipinski definition) is 3. The zero-order valence-electron chi connectivity index (χ0n) is 11.5. The highest BCUT2D eigenvalue weighted by atomic mass is 32.1. The van der Waals surface area contributed by atoms with Gasteiger partial charge in [0.05, 0.1) is 0 Å². The Morgan fingerprint density at radius 1 is 1.20 bits per heavy atom. The third-order valence-electron chi connectivity index (χ3n) is 3.62. The topological polar surface area (TPSA) is 52.7 Å². The zero-order chi connectivity index (χ0) is 13.9. The Balaban J connectivity index is 2.03. The molecular weight excluding hydrogens is 268 g/mol. The minimum Gasteiger partial charge on any atom is -0.340 e. The largest absolute Gasteiger partial charge is 0.340 e. The molecule has 2 aromatic rings. The first-order valence-electron chi connectivity index (χ1n) is 6.89. The van der Waals surface area contributed by atoms with Gasteiger partial charge >= 0.3 is 0 Å². The van der Waals surface area contributed by atoms with Gasteiger partial charge in [0.1, 0.15) is 5.82 Å². The van der Waals surface area contributed by atoms with Crippen molar-refractivity contribution in [3.05, 3.63) is 45.9 Å². The number of fused-ring (bicyclic) bond motifs is 1. The van der Waals surface area contributed by atoms with Crippen LogP contribution in [0.15, 0.2) is 24.3 Å². The maximum Gasteiger partial charge on any atom is 0.198 e. The molecule has 4 nitrogen and oxygen atoms in total. The van der Waals surface area contributed by atoms with E-state index in [1.54, 1.807) is 0 Å². The maximum atomic E-state index is 5.25. The molecule has 3 rings (SSSR count). The number of aryl methyl sites for hydroxylation is 1. The molecule has 0 bridgehead atoms. The predicted octanol–water partition coefficient (Wildman–Crippen LogP) is 2.88. The second-order valence-corrected chi connectivity index (χ2v) is 5.42. The molecular formula is C15H18N4S. The summed E-state index contributed by atoms with van der Waals surface area (Å²) in [5.74, 6) is 0.891. The number of aromatic amines is 1. The molecule has 5 heteroatoms. The minimum absolute atomic E-state index is 0.543. The molecule has 0 unspecified atom stereocenters. The Morgan fingerprint density at radius 2 is 2.00 bits per heavy atom. The van der Waals surface area contributed by atoms with Gasteiger partial charge in [-0.15, -0.1) is 0 Å². The third-order valence-corrected chi connectivity index (χ3v) is 3.82. The molecule has 0 radical (unpaired) electrons. The maximum absolute atomic E-state index is 5.25. The van der Waals surface area contributed by atoms with Gasteiger partial charge in [-0.1, -0.05) is 18.2 Å². The van der Waals surface area contributed by atoms with E-state index in [-0.39, 0.29) is 0 Å². The summed E-state index contributed by atoms with van der Waals surface area (Å²) in [6.07, 6.45) is 1.92. The molecule has 0 aliphatic carbocycles. The van der Waals surface area contributed by atoms with E-state index in [1.807, 2.05) is 12.1 Å². The van der Waals surface area contributed by atoms with Gasteiger partial charge in [0.25, 0.3) is 0 Å². The lowest BCUT2D eigenvalue weighted by Gasteiger charge is -2.14. The van der Waals surface area contributed by atoms with E-state index in [1.165, 1.54) is 16.8 Å². The van der Waals surface area contributed by atoms with Crippen LogP contribution in [-0.2, 0) is 12.8 Å². The first-order valence-corrected chi connectivity index (χ1v) is 7.30. The number of para-hydroxylation sites is 1. The van der Waals surface area contributed by atoms with Crippen LogP contribution in [0.4, 0.5) is 11.5 Å². The summed E-state index contributed by atoms with van der Waals surface area (Å²) >= 11 is 5.25. The van der Waals surface area contributed by atoms with Gasteiger partial charge in [-0.3, -0.25) is 0 Å². The molecule has 0 spiro atoms. The van der Waals surface area contributed by atoms with E-state index in [0.29, 0.717) is 4.77 Å². The van der Waals surface area contributed by atoms with E-state index in [9.17, 15) is 0 Å². The fraction of sp³-hybridized carbons (Fsp3) is 0.333. The molecule has 104 valence electrons. The summed E-state index contributed by atoms with van der Waals surface area (Å²) in [6.45, 7) is 4.04. The van der Waals surface area contributed by atoms with Crippen LogP contribution in [0.3, 0.4) is 0 Å². The Hall–Kier alpha value is -1.72. The molecule has 1 aromatic carbocycles. The van der Waals surface area contributed by atoms with Crippen LogP contribution in [0.5, 0.6) is 0 Å². The number of aromatic nitrogens is 2. The van der Waals surface area contributed by atoms with E-state index >= 15 is 0 Å². The summed E-state index contributed by atoms with van der Waals surface area (Å²) in [5.41, 5.74) is 4.73. The van der Waals surface area contributed by atoms with Crippen molar-refractivity contribution in [1.29, 1.82) is 0 Å². The van der Waals surface area contributed by atoms with Gasteiger partial charge in [0.15, 0.2) is 4.77 Å². The lowest BCUT2D eigenvalue weighted by Crippen LogP contribution is -2.16. The summed E-state index contributed by atoms with van der Waals surface area (Å²) in [4.78, 5) is 7.72. The molecule has 0 amide bonds. The van der Waals surface area contributed by atoms with Crippen molar-refractivity contribution in [2.75, 3.05) is 18.4 Å². The van der Waals surface area contributed by atoms with Crippen molar-refractivity contribution in [3.8, 4) is 0 Å². The van der Waals surface area contributed by atoms with Crippen molar-refractivity contribution in [2.45, 2.75) is 19.8 Å². The average molecular weight is 286 g/mol. The molecule has 1 aromatic heterocycles. The zero-order valence-corrected chi connectivity index (χ0v) is 12.3. The lowest BCUT2D eigenvalue weighted by molar-refractivity contribution is 0.708. The van der Waals surface area contributed by atoms with Crippen molar-refractivity contribution in [2.24, 2.45) is 0 Å². The minimum atomic E-state index is 0.543. The van der Waals surface area contributed by atoms with Crippen molar-refractivity contribution < 1.29 is 0 Å². The van der Waals surface area contributed by atoms with E-state index in [2.05, 4.69) is 39.7 Å². The number of benzene rings is 1. The molecule has 0 fully saturated rings. The van der Waals surface area contributed by atoms with Gasteiger partial charge in [0, 0.05) is 29.9 Å². The van der Waals surface area contributed by atoms with Crippen molar-refractivity contribution in [1.82, 2.24) is 15.3 Å². The molecule has 20 heavy (non-hydrogen) atoms. The second kappa shape index (κ2) is 5.73. The highest BCUT2D eigenvalue weighted by Crippen LogP contribution is 2.24. The number of nitrogens with one attached hydrogen (secondary N) is 3. The average Bonchev–Trinajstić information content (AvgIpc) is 2.66. The molecule has 0 atom stereocenters. The Kier molecular flexibility index (Phi) is 3.80. The summed E-state index contributed by atoms with van der Waals surface area (Å²) in [6, 6.07) is 8.22. The molecule has 2 heterocycles. The first kappa shape index (κ1) is 13.3. The number of hydrogen-bond acceptors (Lipinski definition) is 4. The predicted molar refractivity (Wildman–Crippen MR) is 84.2 cm³/mol. The second-order valence-electron chi connectivity index (χ2n) is 5.04. The number of rotatable bonds is 2. The van der Waals surface area contributed by atoms with Gasteiger partial charge in [0.2, 0.25) is 0 Å². The number of H-pyrrole nitrogens is 1. The standard InChI is InChI=1S/C15H18N4S/c1-10-4-2-3-5-12(10)17-14-11-6-8-16-9-7-13(11)18-15(20)19-14/h2-5,16H,6-9H2,1H3,(H2,17,18,19,20). The Bertz CT molecular complexity index is 678. The van der Waals surface area contributed by atoms with E-state index < -0.39 is 0 Å². The normalized spacial score (nSPS) is 14.4. The smallest absolute Gasteiger partial charge is 0.198 e. The van der Waals surface area contributed by atoms with E-state index in [0.717, 1.165) is 37.4 Å². The van der Waals surface area contributed by atoms with Crippen molar-refractivity contribution >= 4 is 23.7 Å². The summed E-state index contributed by atoms with van der Waals surface area (Å²) < 4.78 is 0.543.